The smallest absolute Gasteiger partial charge is 0.393 e. The summed E-state index contributed by atoms with van der Waals surface area (Å²) in [4.78, 5) is 3.00. The Kier molecular flexibility index (Phi) is 12.0. The number of ether oxygens (including phenoxy) is 3. The standard InChI is InChI=1S/C37H46F4N4O4S/c1-47-18-19-49-33-21-31(43-14-15-46)29(38)20-32(33)42-13-3-6-34-28(22-37(39,40)41)27-4-2-5-30(35(27)50-34)44-25-7-9-26(10-8-25)45-23-36(24-45)11-16-48-17-12-36/h2,4-5,20-21,25-26,42-44,46H,7-19,22-24H2,1H3. The van der Waals surface area contributed by atoms with Crippen molar-refractivity contribution in [3.63, 3.8) is 0 Å². The highest BCUT2D eigenvalue weighted by Crippen LogP contribution is 2.44. The van der Waals surface area contributed by atoms with Gasteiger partial charge < -0.3 is 35.3 Å². The molecule has 0 bridgehead atoms. The van der Waals surface area contributed by atoms with Crippen molar-refractivity contribution in [2.24, 2.45) is 5.41 Å². The third kappa shape index (κ3) is 8.95. The van der Waals surface area contributed by atoms with Crippen LogP contribution in [0, 0.1) is 23.1 Å². The minimum atomic E-state index is -4.40. The Morgan fingerprint density at radius 1 is 1.04 bits per heavy atom. The molecule has 1 spiro atoms. The largest absolute Gasteiger partial charge is 0.489 e. The number of fused-ring (bicyclic) bond motifs is 1. The van der Waals surface area contributed by atoms with Crippen LogP contribution in [0.4, 0.5) is 34.6 Å². The lowest BCUT2D eigenvalue weighted by atomic mass is 9.71. The van der Waals surface area contributed by atoms with E-state index in [0.29, 0.717) is 39.8 Å². The highest BCUT2D eigenvalue weighted by molar-refractivity contribution is 7.20. The van der Waals surface area contributed by atoms with Gasteiger partial charge in [0.05, 0.1) is 52.8 Å². The van der Waals surface area contributed by atoms with Gasteiger partial charge in [-0.05, 0) is 55.5 Å². The van der Waals surface area contributed by atoms with Gasteiger partial charge in [-0.25, -0.2) is 4.39 Å². The number of rotatable bonds is 13. The van der Waals surface area contributed by atoms with Crippen LogP contribution in [-0.4, -0.2) is 94.6 Å². The summed E-state index contributed by atoms with van der Waals surface area (Å²) < 4.78 is 73.4. The van der Waals surface area contributed by atoms with Gasteiger partial charge in [-0.3, -0.25) is 4.90 Å². The van der Waals surface area contributed by atoms with Crippen LogP contribution in [0.1, 0.15) is 49.0 Å². The predicted octanol–water partition coefficient (Wildman–Crippen LogP) is 6.87. The summed E-state index contributed by atoms with van der Waals surface area (Å²) in [6.07, 6.45) is 1.10. The van der Waals surface area contributed by atoms with Gasteiger partial charge in [0.2, 0.25) is 0 Å². The first kappa shape index (κ1) is 36.5. The van der Waals surface area contributed by atoms with Crippen molar-refractivity contribution in [3.05, 3.63) is 46.6 Å². The first-order valence-corrected chi connectivity index (χ1v) is 18.2. The van der Waals surface area contributed by atoms with Gasteiger partial charge in [-0.1, -0.05) is 24.0 Å². The van der Waals surface area contributed by atoms with Gasteiger partial charge in [0.15, 0.2) is 0 Å². The van der Waals surface area contributed by atoms with E-state index in [1.54, 1.807) is 6.07 Å². The van der Waals surface area contributed by atoms with E-state index >= 15 is 0 Å². The van der Waals surface area contributed by atoms with Crippen molar-refractivity contribution >= 4 is 38.5 Å². The molecule has 6 rings (SSSR count). The molecule has 0 atom stereocenters. The van der Waals surface area contributed by atoms with Crippen LogP contribution >= 0.6 is 11.3 Å². The summed E-state index contributed by atoms with van der Waals surface area (Å²) >= 11 is 1.28. The number of halogens is 4. The van der Waals surface area contributed by atoms with E-state index in [-0.39, 0.29) is 43.6 Å². The maximum atomic E-state index is 14.8. The van der Waals surface area contributed by atoms with Crippen LogP contribution in [0.5, 0.6) is 5.75 Å². The minimum absolute atomic E-state index is 0.0451. The van der Waals surface area contributed by atoms with Crippen molar-refractivity contribution in [2.45, 2.75) is 63.2 Å². The van der Waals surface area contributed by atoms with E-state index < -0.39 is 18.4 Å². The molecule has 0 unspecified atom stereocenters. The Bertz CT molecular complexity index is 1650. The molecule has 1 aromatic heterocycles. The van der Waals surface area contributed by atoms with Crippen LogP contribution in [0.2, 0.25) is 0 Å². The Balaban J connectivity index is 1.14. The molecule has 13 heteroatoms. The molecule has 8 nitrogen and oxygen atoms in total. The summed E-state index contributed by atoms with van der Waals surface area (Å²) in [5.74, 6) is 5.72. The van der Waals surface area contributed by atoms with E-state index in [9.17, 15) is 17.6 Å². The highest BCUT2D eigenvalue weighted by Gasteiger charge is 2.46. The molecule has 3 heterocycles. The SMILES string of the molecule is COCCOc1cc(NCCO)c(F)cc1NCC#Cc1sc2c(NC3CCC(N4CC5(CCOCC5)C4)CC3)cccc2c1CC(F)(F)F. The number of aliphatic hydroxyl groups is 1. The second kappa shape index (κ2) is 16.4. The van der Waals surface area contributed by atoms with Crippen LogP contribution in [-0.2, 0) is 15.9 Å². The van der Waals surface area contributed by atoms with Crippen molar-refractivity contribution in [2.75, 3.05) is 82.3 Å². The molecule has 3 aromatic rings. The molecular formula is C37H46F4N4O4S. The number of aliphatic hydroxyl groups excluding tert-OH is 1. The lowest BCUT2D eigenvalue weighted by Gasteiger charge is -2.56. The quantitative estimate of drug-likeness (QED) is 0.0866. The number of hydrogen-bond donors (Lipinski definition) is 4. The van der Waals surface area contributed by atoms with Gasteiger partial charge in [0.1, 0.15) is 18.2 Å². The molecule has 50 heavy (non-hydrogen) atoms. The molecule has 0 radical (unpaired) electrons. The Labute approximate surface area is 294 Å². The summed E-state index contributed by atoms with van der Waals surface area (Å²) in [5, 5.41) is 19.2. The maximum Gasteiger partial charge on any atom is 0.393 e. The normalized spacial score (nSPS) is 20.6. The van der Waals surface area contributed by atoms with Crippen molar-refractivity contribution in [3.8, 4) is 17.6 Å². The topological polar surface area (TPSA) is 87.2 Å². The molecule has 2 aromatic carbocycles. The number of nitrogens with zero attached hydrogens (tertiary/aromatic N) is 1. The number of anilines is 3. The third-order valence-electron chi connectivity index (χ3n) is 10.0. The van der Waals surface area contributed by atoms with Gasteiger partial charge in [-0.2, -0.15) is 13.2 Å². The molecule has 3 fully saturated rings. The van der Waals surface area contributed by atoms with Crippen molar-refractivity contribution < 1.29 is 36.9 Å². The Hall–Kier alpha value is -3.28. The molecule has 1 aliphatic carbocycles. The van der Waals surface area contributed by atoms with E-state index in [2.05, 4.69) is 32.7 Å². The molecule has 0 amide bonds. The number of alkyl halides is 3. The molecule has 2 saturated heterocycles. The van der Waals surface area contributed by atoms with Gasteiger partial charge >= 0.3 is 6.18 Å². The molecule has 2 aliphatic heterocycles. The number of hydrogen-bond acceptors (Lipinski definition) is 9. The number of likely N-dealkylation sites (tertiary alicyclic amines) is 1. The second-order valence-corrected chi connectivity index (χ2v) is 14.5. The zero-order valence-corrected chi connectivity index (χ0v) is 29.2. The zero-order valence-electron chi connectivity index (χ0n) is 28.4. The van der Waals surface area contributed by atoms with Crippen LogP contribution < -0.4 is 20.7 Å². The van der Waals surface area contributed by atoms with E-state index in [1.165, 1.54) is 43.7 Å². The number of benzene rings is 2. The fourth-order valence-corrected chi connectivity index (χ4v) is 8.57. The highest BCUT2D eigenvalue weighted by atomic mass is 32.1. The van der Waals surface area contributed by atoms with Gasteiger partial charge in [0.25, 0.3) is 0 Å². The third-order valence-corrected chi connectivity index (χ3v) is 11.2. The van der Waals surface area contributed by atoms with Crippen LogP contribution in [0.15, 0.2) is 30.3 Å². The average Bonchev–Trinajstić information content (AvgIpc) is 3.43. The number of thiophene rings is 1. The minimum Gasteiger partial charge on any atom is -0.489 e. The fourth-order valence-electron chi connectivity index (χ4n) is 7.40. The Morgan fingerprint density at radius 2 is 1.82 bits per heavy atom. The maximum absolute atomic E-state index is 14.8. The first-order chi connectivity index (χ1) is 24.2. The molecule has 4 N–H and O–H groups in total. The van der Waals surface area contributed by atoms with Crippen molar-refractivity contribution in [1.82, 2.24) is 4.90 Å². The number of methoxy groups -OCH3 is 1. The molecular weight excluding hydrogens is 672 g/mol. The number of nitrogens with one attached hydrogen (secondary N) is 3. The van der Waals surface area contributed by atoms with Gasteiger partial charge in [-0.15, -0.1) is 11.3 Å². The summed E-state index contributed by atoms with van der Waals surface area (Å²) in [6.45, 7) is 4.67. The first-order valence-electron chi connectivity index (χ1n) is 17.4. The van der Waals surface area contributed by atoms with E-state index in [1.807, 2.05) is 12.1 Å². The fraction of sp³-hybridized carbons (Fsp3) is 0.568. The summed E-state index contributed by atoms with van der Waals surface area (Å²) in [6, 6.07) is 9.10. The Morgan fingerprint density at radius 3 is 2.54 bits per heavy atom. The zero-order chi connectivity index (χ0) is 35.1. The van der Waals surface area contributed by atoms with E-state index in [0.717, 1.165) is 62.1 Å². The average molecular weight is 719 g/mol. The van der Waals surface area contributed by atoms with Crippen molar-refractivity contribution in [1.29, 1.82) is 0 Å². The summed E-state index contributed by atoms with van der Waals surface area (Å²) in [5.41, 5.74) is 1.98. The molecule has 3 aliphatic rings. The lowest BCUT2D eigenvalue weighted by Crippen LogP contribution is -2.62. The predicted molar refractivity (Wildman–Crippen MR) is 190 cm³/mol. The van der Waals surface area contributed by atoms with Crippen LogP contribution in [0.25, 0.3) is 10.1 Å². The van der Waals surface area contributed by atoms with E-state index in [4.69, 9.17) is 19.3 Å². The monoisotopic (exact) mass is 718 g/mol. The summed E-state index contributed by atoms with van der Waals surface area (Å²) in [7, 11) is 1.54. The molecule has 272 valence electrons. The van der Waals surface area contributed by atoms with Gasteiger partial charge in [0, 0.05) is 69.6 Å². The van der Waals surface area contributed by atoms with Crippen LogP contribution in [0.3, 0.4) is 0 Å². The lowest BCUT2D eigenvalue weighted by molar-refractivity contribution is -0.126. The second-order valence-electron chi connectivity index (χ2n) is 13.5. The molecule has 1 saturated carbocycles.